The molecule has 1 aromatic heterocycles. The Bertz CT molecular complexity index is 442. The van der Waals surface area contributed by atoms with E-state index >= 15 is 0 Å². The van der Waals surface area contributed by atoms with Crippen molar-refractivity contribution in [3.63, 3.8) is 0 Å². The average Bonchev–Trinajstić information content (AvgIpc) is 2.38. The summed E-state index contributed by atoms with van der Waals surface area (Å²) in [5, 5.41) is -0.281. The Morgan fingerprint density at radius 2 is 1.40 bits per heavy atom. The van der Waals surface area contributed by atoms with Crippen LogP contribution in [0, 0.1) is 0 Å². The largest absolute Gasteiger partial charge is 0.398 e. The van der Waals surface area contributed by atoms with E-state index in [1.54, 1.807) is 0 Å². The molecule has 9 heteroatoms. The van der Waals surface area contributed by atoms with Crippen LogP contribution in [0.4, 0.5) is 0 Å². The molecule has 0 radical (unpaired) electrons. The lowest BCUT2D eigenvalue weighted by atomic mass is 10.4. The van der Waals surface area contributed by atoms with Crippen LogP contribution in [0.5, 0.6) is 0 Å². The minimum atomic E-state index is -3.62. The van der Waals surface area contributed by atoms with Crippen molar-refractivity contribution in [2.24, 2.45) is 0 Å². The van der Waals surface area contributed by atoms with Gasteiger partial charge in [-0.3, -0.25) is 4.57 Å². The fourth-order valence-corrected chi connectivity index (χ4v) is 3.21. The summed E-state index contributed by atoms with van der Waals surface area (Å²) in [6, 6.07) is 0. The SMILES string of the molecule is CCCCOP(=O)(OCCCC)c1nc(Cl)nc(Cl)n1. The molecule has 0 N–H and O–H groups in total. The molecule has 0 unspecified atom stereocenters. The molecule has 1 rings (SSSR count). The molecule has 20 heavy (non-hydrogen) atoms. The zero-order valence-electron chi connectivity index (χ0n) is 11.5. The molecule has 6 nitrogen and oxygen atoms in total. The molecule has 0 saturated heterocycles. The van der Waals surface area contributed by atoms with E-state index in [1.165, 1.54) is 0 Å². The molecule has 0 bridgehead atoms. The van der Waals surface area contributed by atoms with Crippen LogP contribution in [0.25, 0.3) is 0 Å². The van der Waals surface area contributed by atoms with Crippen molar-refractivity contribution in [2.45, 2.75) is 39.5 Å². The predicted molar refractivity (Wildman–Crippen MR) is 78.8 cm³/mol. The molecule has 0 spiro atoms. The third-order valence-electron chi connectivity index (χ3n) is 2.33. The van der Waals surface area contributed by atoms with Gasteiger partial charge in [0.2, 0.25) is 16.1 Å². The molecule has 0 aliphatic rings. The fourth-order valence-electron chi connectivity index (χ4n) is 1.25. The first-order valence-electron chi connectivity index (χ1n) is 6.48. The van der Waals surface area contributed by atoms with Crippen LogP contribution >= 0.6 is 30.8 Å². The van der Waals surface area contributed by atoms with Gasteiger partial charge in [0.25, 0.3) is 0 Å². The van der Waals surface area contributed by atoms with E-state index in [4.69, 9.17) is 32.2 Å². The number of hydrogen-bond acceptors (Lipinski definition) is 6. The summed E-state index contributed by atoms with van der Waals surface area (Å²) < 4.78 is 23.5. The van der Waals surface area contributed by atoms with Gasteiger partial charge in [-0.2, -0.15) is 15.0 Å². The minimum absolute atomic E-state index is 0.140. The number of rotatable bonds is 9. The van der Waals surface area contributed by atoms with Gasteiger partial charge < -0.3 is 9.05 Å². The Kier molecular flexibility index (Phi) is 7.92. The molecule has 0 fully saturated rings. The van der Waals surface area contributed by atoms with Gasteiger partial charge in [0.1, 0.15) is 0 Å². The number of nitrogens with zero attached hydrogens (tertiary/aromatic N) is 3. The fraction of sp³-hybridized carbons (Fsp3) is 0.727. The maximum absolute atomic E-state index is 12.8. The molecule has 1 aromatic rings. The third kappa shape index (κ3) is 5.62. The van der Waals surface area contributed by atoms with Gasteiger partial charge in [-0.15, -0.1) is 0 Å². The summed E-state index contributed by atoms with van der Waals surface area (Å²) >= 11 is 11.4. The topological polar surface area (TPSA) is 74.2 Å². The van der Waals surface area contributed by atoms with Crippen LogP contribution in [0.15, 0.2) is 0 Å². The molecule has 0 aromatic carbocycles. The summed E-state index contributed by atoms with van der Waals surface area (Å²) in [6.07, 6.45) is 3.34. The lowest BCUT2D eigenvalue weighted by molar-refractivity contribution is 0.207. The van der Waals surface area contributed by atoms with Crippen molar-refractivity contribution >= 4 is 36.4 Å². The zero-order valence-corrected chi connectivity index (χ0v) is 13.9. The van der Waals surface area contributed by atoms with Gasteiger partial charge in [0.15, 0.2) is 0 Å². The highest BCUT2D eigenvalue weighted by atomic mass is 35.5. The zero-order chi connectivity index (χ0) is 15.0. The van der Waals surface area contributed by atoms with E-state index in [0.717, 1.165) is 25.7 Å². The molecular weight excluding hydrogens is 324 g/mol. The van der Waals surface area contributed by atoms with E-state index in [9.17, 15) is 4.57 Å². The Morgan fingerprint density at radius 1 is 0.950 bits per heavy atom. The first kappa shape index (κ1) is 17.8. The maximum atomic E-state index is 12.8. The van der Waals surface area contributed by atoms with Gasteiger partial charge in [0.05, 0.1) is 13.2 Å². The lowest BCUT2D eigenvalue weighted by Crippen LogP contribution is -2.20. The van der Waals surface area contributed by atoms with Gasteiger partial charge in [-0.1, -0.05) is 26.7 Å². The molecular formula is C11H18Cl2N3O3P. The smallest absolute Gasteiger partial charge is 0.303 e. The molecule has 0 aliphatic carbocycles. The highest BCUT2D eigenvalue weighted by Gasteiger charge is 2.32. The Hall–Kier alpha value is -0.260. The van der Waals surface area contributed by atoms with Crippen LogP contribution < -0.4 is 5.57 Å². The summed E-state index contributed by atoms with van der Waals surface area (Å²) in [4.78, 5) is 11.2. The molecule has 0 amide bonds. The number of halogens is 2. The van der Waals surface area contributed by atoms with Crippen molar-refractivity contribution in [3.8, 4) is 0 Å². The standard InChI is InChI=1S/C11H18Cl2N3O3P/c1-3-5-7-18-20(17,19-8-6-4-2)11-15-9(12)14-10(13)16-11/h3-8H2,1-2H3. The minimum Gasteiger partial charge on any atom is -0.303 e. The molecule has 0 atom stereocenters. The number of hydrogen-bond donors (Lipinski definition) is 0. The van der Waals surface area contributed by atoms with Gasteiger partial charge in [-0.25, -0.2) is 0 Å². The molecule has 114 valence electrons. The highest BCUT2D eigenvalue weighted by molar-refractivity contribution is 7.61. The van der Waals surface area contributed by atoms with E-state index in [2.05, 4.69) is 15.0 Å². The van der Waals surface area contributed by atoms with E-state index in [1.807, 2.05) is 13.8 Å². The molecule has 0 saturated carbocycles. The Balaban J connectivity index is 2.92. The Labute approximate surface area is 128 Å². The normalized spacial score (nSPS) is 11.8. The monoisotopic (exact) mass is 341 g/mol. The third-order valence-corrected chi connectivity index (χ3v) is 4.41. The van der Waals surface area contributed by atoms with Crippen LogP contribution in [-0.4, -0.2) is 28.2 Å². The highest BCUT2D eigenvalue weighted by Crippen LogP contribution is 2.46. The summed E-state index contributed by atoms with van der Waals surface area (Å²) in [5.41, 5.74) is -0.144. The van der Waals surface area contributed by atoms with Crippen molar-refractivity contribution in [2.75, 3.05) is 13.2 Å². The van der Waals surface area contributed by atoms with Crippen LogP contribution in [0.3, 0.4) is 0 Å². The van der Waals surface area contributed by atoms with E-state index in [0.29, 0.717) is 13.2 Å². The molecule has 1 heterocycles. The second-order valence-electron chi connectivity index (χ2n) is 4.04. The summed E-state index contributed by atoms with van der Waals surface area (Å²) in [7, 11) is -3.62. The quantitative estimate of drug-likeness (QED) is 0.504. The van der Waals surface area contributed by atoms with Gasteiger partial charge in [0, 0.05) is 0 Å². The second-order valence-corrected chi connectivity index (χ2v) is 6.63. The first-order chi connectivity index (χ1) is 9.51. The number of aromatic nitrogens is 3. The van der Waals surface area contributed by atoms with Crippen molar-refractivity contribution < 1.29 is 13.6 Å². The predicted octanol–water partition coefficient (Wildman–Crippen LogP) is 3.63. The second kappa shape index (κ2) is 8.90. The van der Waals surface area contributed by atoms with Crippen LogP contribution in [-0.2, 0) is 13.6 Å². The Morgan fingerprint density at radius 3 is 1.80 bits per heavy atom. The van der Waals surface area contributed by atoms with Crippen molar-refractivity contribution in [1.82, 2.24) is 15.0 Å². The lowest BCUT2D eigenvalue weighted by Gasteiger charge is -2.16. The van der Waals surface area contributed by atoms with Gasteiger partial charge >= 0.3 is 7.60 Å². The van der Waals surface area contributed by atoms with Gasteiger partial charge in [-0.05, 0) is 36.0 Å². The van der Waals surface area contributed by atoms with Crippen molar-refractivity contribution in [3.05, 3.63) is 10.6 Å². The van der Waals surface area contributed by atoms with Crippen molar-refractivity contribution in [1.29, 1.82) is 0 Å². The van der Waals surface area contributed by atoms with Crippen LogP contribution in [0.2, 0.25) is 10.6 Å². The summed E-state index contributed by atoms with van der Waals surface area (Å²) in [6.45, 7) is 4.59. The maximum Gasteiger partial charge on any atom is 0.398 e. The first-order valence-corrected chi connectivity index (χ1v) is 8.78. The van der Waals surface area contributed by atoms with E-state index in [-0.39, 0.29) is 16.1 Å². The summed E-state index contributed by atoms with van der Waals surface area (Å²) in [5.74, 6) is 0. The average molecular weight is 342 g/mol. The van der Waals surface area contributed by atoms with E-state index < -0.39 is 7.60 Å². The van der Waals surface area contributed by atoms with Crippen LogP contribution in [0.1, 0.15) is 39.5 Å². The number of unbranched alkanes of at least 4 members (excludes halogenated alkanes) is 2. The molecule has 0 aliphatic heterocycles.